The van der Waals surface area contributed by atoms with E-state index in [0.29, 0.717) is 17.9 Å². The fourth-order valence-electron chi connectivity index (χ4n) is 3.04. The molecule has 2 rings (SSSR count). The standard InChI is InChI=1S/C15H27N3O/c1-10(2)7-13(16-4)9-14-17-15(18-19-14)12-6-5-11(3)8-12/h10-13,16H,5-9H2,1-4H3. The topological polar surface area (TPSA) is 51.0 Å². The van der Waals surface area contributed by atoms with E-state index in [9.17, 15) is 0 Å². The lowest BCUT2D eigenvalue weighted by Crippen LogP contribution is -2.29. The van der Waals surface area contributed by atoms with E-state index in [1.165, 1.54) is 19.3 Å². The Morgan fingerprint density at radius 1 is 1.37 bits per heavy atom. The van der Waals surface area contributed by atoms with Crippen LogP contribution < -0.4 is 5.32 Å². The van der Waals surface area contributed by atoms with Crippen molar-refractivity contribution in [2.45, 2.75) is 64.8 Å². The Morgan fingerprint density at radius 3 is 2.74 bits per heavy atom. The van der Waals surface area contributed by atoms with Gasteiger partial charge in [0.2, 0.25) is 5.89 Å². The lowest BCUT2D eigenvalue weighted by atomic mass is 10.0. The summed E-state index contributed by atoms with van der Waals surface area (Å²) < 4.78 is 5.43. The SMILES string of the molecule is CNC(Cc1nc(C2CCC(C)C2)no1)CC(C)C. The molecule has 108 valence electrons. The molecule has 3 atom stereocenters. The second-order valence-electron chi connectivity index (χ2n) is 6.48. The van der Waals surface area contributed by atoms with E-state index in [2.05, 4.69) is 36.2 Å². The minimum Gasteiger partial charge on any atom is -0.339 e. The normalized spacial score (nSPS) is 25.1. The van der Waals surface area contributed by atoms with E-state index in [4.69, 9.17) is 4.52 Å². The zero-order chi connectivity index (χ0) is 13.8. The van der Waals surface area contributed by atoms with Crippen molar-refractivity contribution in [3.8, 4) is 0 Å². The molecule has 19 heavy (non-hydrogen) atoms. The number of aromatic nitrogens is 2. The quantitative estimate of drug-likeness (QED) is 0.858. The van der Waals surface area contributed by atoms with Crippen LogP contribution in [0.1, 0.15) is 64.1 Å². The third-order valence-corrected chi connectivity index (χ3v) is 4.13. The van der Waals surface area contributed by atoms with Crippen LogP contribution in [0.25, 0.3) is 0 Å². The first kappa shape index (κ1) is 14.5. The Morgan fingerprint density at radius 2 is 2.16 bits per heavy atom. The maximum absolute atomic E-state index is 5.43. The number of nitrogens with zero attached hydrogens (tertiary/aromatic N) is 2. The van der Waals surface area contributed by atoms with Gasteiger partial charge in [-0.15, -0.1) is 0 Å². The predicted octanol–water partition coefficient (Wildman–Crippen LogP) is 3.15. The average molecular weight is 265 g/mol. The van der Waals surface area contributed by atoms with Crippen LogP contribution >= 0.6 is 0 Å². The van der Waals surface area contributed by atoms with Crippen LogP contribution in [-0.2, 0) is 6.42 Å². The number of hydrogen-bond donors (Lipinski definition) is 1. The largest absolute Gasteiger partial charge is 0.339 e. The summed E-state index contributed by atoms with van der Waals surface area (Å²) >= 11 is 0. The first-order valence-electron chi connectivity index (χ1n) is 7.58. The summed E-state index contributed by atoms with van der Waals surface area (Å²) in [7, 11) is 2.00. The highest BCUT2D eigenvalue weighted by Crippen LogP contribution is 2.36. The zero-order valence-corrected chi connectivity index (χ0v) is 12.6. The molecule has 4 nitrogen and oxygen atoms in total. The van der Waals surface area contributed by atoms with Gasteiger partial charge in [-0.05, 0) is 44.6 Å². The van der Waals surface area contributed by atoms with Crippen LogP contribution in [0.4, 0.5) is 0 Å². The first-order valence-corrected chi connectivity index (χ1v) is 7.58. The van der Waals surface area contributed by atoms with Crippen LogP contribution in [0.2, 0.25) is 0 Å². The van der Waals surface area contributed by atoms with Crippen LogP contribution in [0.5, 0.6) is 0 Å². The summed E-state index contributed by atoms with van der Waals surface area (Å²) in [5.74, 6) is 3.72. The fourth-order valence-corrected chi connectivity index (χ4v) is 3.04. The van der Waals surface area contributed by atoms with Crippen LogP contribution in [0.15, 0.2) is 4.52 Å². The van der Waals surface area contributed by atoms with Crippen LogP contribution in [0, 0.1) is 11.8 Å². The Bertz CT molecular complexity index is 388. The lowest BCUT2D eigenvalue weighted by molar-refractivity contribution is 0.340. The summed E-state index contributed by atoms with van der Waals surface area (Å²) in [6.07, 6.45) is 5.68. The molecule has 0 aliphatic heterocycles. The fraction of sp³-hybridized carbons (Fsp3) is 0.867. The summed E-state index contributed by atoms with van der Waals surface area (Å²) in [6, 6.07) is 0.427. The van der Waals surface area contributed by atoms with Crippen molar-refractivity contribution < 1.29 is 4.52 Å². The second-order valence-corrected chi connectivity index (χ2v) is 6.48. The molecular weight excluding hydrogens is 238 g/mol. The first-order chi connectivity index (χ1) is 9.08. The minimum absolute atomic E-state index is 0.427. The number of rotatable bonds is 6. The molecule has 4 heteroatoms. The molecule has 0 bridgehead atoms. The van der Waals surface area contributed by atoms with Gasteiger partial charge in [0.25, 0.3) is 0 Å². The van der Waals surface area contributed by atoms with E-state index in [0.717, 1.165) is 30.5 Å². The molecule has 1 aliphatic carbocycles. The summed E-state index contributed by atoms with van der Waals surface area (Å²) in [5.41, 5.74) is 0. The Balaban J connectivity index is 1.93. The number of nitrogens with one attached hydrogen (secondary N) is 1. The van der Waals surface area contributed by atoms with Gasteiger partial charge in [-0.25, -0.2) is 0 Å². The third-order valence-electron chi connectivity index (χ3n) is 4.13. The van der Waals surface area contributed by atoms with Gasteiger partial charge in [-0.2, -0.15) is 4.98 Å². The molecule has 1 aromatic heterocycles. The van der Waals surface area contributed by atoms with Gasteiger partial charge in [0.1, 0.15) is 0 Å². The van der Waals surface area contributed by atoms with Crippen molar-refractivity contribution in [1.29, 1.82) is 0 Å². The summed E-state index contributed by atoms with van der Waals surface area (Å²) in [4.78, 5) is 4.60. The highest BCUT2D eigenvalue weighted by atomic mass is 16.5. The summed E-state index contributed by atoms with van der Waals surface area (Å²) in [5, 5.41) is 7.53. The molecular formula is C15H27N3O. The number of hydrogen-bond acceptors (Lipinski definition) is 4. The highest BCUT2D eigenvalue weighted by Gasteiger charge is 2.27. The van der Waals surface area contributed by atoms with E-state index in [1.807, 2.05) is 7.05 Å². The van der Waals surface area contributed by atoms with Crippen LogP contribution in [-0.4, -0.2) is 23.2 Å². The predicted molar refractivity (Wildman–Crippen MR) is 76.1 cm³/mol. The van der Waals surface area contributed by atoms with Crippen molar-refractivity contribution in [2.75, 3.05) is 7.05 Å². The monoisotopic (exact) mass is 265 g/mol. The van der Waals surface area contributed by atoms with Crippen molar-refractivity contribution in [3.05, 3.63) is 11.7 Å². The molecule has 1 heterocycles. The van der Waals surface area contributed by atoms with Gasteiger partial charge in [0.05, 0.1) is 0 Å². The van der Waals surface area contributed by atoms with Gasteiger partial charge >= 0.3 is 0 Å². The summed E-state index contributed by atoms with van der Waals surface area (Å²) in [6.45, 7) is 6.79. The van der Waals surface area contributed by atoms with Crippen molar-refractivity contribution in [2.24, 2.45) is 11.8 Å². The highest BCUT2D eigenvalue weighted by molar-refractivity contribution is 5.00. The third kappa shape index (κ3) is 4.03. The van der Waals surface area contributed by atoms with E-state index >= 15 is 0 Å². The average Bonchev–Trinajstić information content (AvgIpc) is 2.96. The van der Waals surface area contributed by atoms with Gasteiger partial charge in [0.15, 0.2) is 5.82 Å². The van der Waals surface area contributed by atoms with Gasteiger partial charge in [-0.3, -0.25) is 0 Å². The Hall–Kier alpha value is -0.900. The molecule has 0 spiro atoms. The molecule has 1 N–H and O–H groups in total. The number of likely N-dealkylation sites (N-methyl/N-ethyl adjacent to an activating group) is 1. The molecule has 1 aromatic rings. The molecule has 0 saturated heterocycles. The van der Waals surface area contributed by atoms with E-state index in [-0.39, 0.29) is 0 Å². The molecule has 1 fully saturated rings. The second kappa shape index (κ2) is 6.51. The maximum atomic E-state index is 5.43. The van der Waals surface area contributed by atoms with Crippen molar-refractivity contribution in [1.82, 2.24) is 15.5 Å². The molecule has 1 aliphatic rings. The minimum atomic E-state index is 0.427. The van der Waals surface area contributed by atoms with E-state index in [1.54, 1.807) is 0 Å². The Kier molecular flexibility index (Phi) is 4.97. The zero-order valence-electron chi connectivity index (χ0n) is 12.6. The van der Waals surface area contributed by atoms with Gasteiger partial charge < -0.3 is 9.84 Å². The van der Waals surface area contributed by atoms with Crippen LogP contribution in [0.3, 0.4) is 0 Å². The van der Waals surface area contributed by atoms with E-state index < -0.39 is 0 Å². The Labute approximate surface area is 116 Å². The molecule has 0 aromatic carbocycles. The van der Waals surface area contributed by atoms with Gasteiger partial charge in [0, 0.05) is 18.4 Å². The lowest BCUT2D eigenvalue weighted by Gasteiger charge is -2.15. The smallest absolute Gasteiger partial charge is 0.228 e. The molecule has 0 amide bonds. The molecule has 0 radical (unpaired) electrons. The molecule has 3 unspecified atom stereocenters. The molecule has 1 saturated carbocycles. The van der Waals surface area contributed by atoms with Crippen molar-refractivity contribution in [3.63, 3.8) is 0 Å². The van der Waals surface area contributed by atoms with Crippen molar-refractivity contribution >= 4 is 0 Å². The maximum Gasteiger partial charge on any atom is 0.228 e. The van der Waals surface area contributed by atoms with Gasteiger partial charge in [-0.1, -0.05) is 25.9 Å².